The minimum atomic E-state index is -0.357. The average Bonchev–Trinajstić information content (AvgIpc) is 3.08. The maximum absolute atomic E-state index is 5.18. The molecule has 1 aliphatic rings. The van der Waals surface area contributed by atoms with Crippen molar-refractivity contribution in [3.05, 3.63) is 18.2 Å². The summed E-state index contributed by atoms with van der Waals surface area (Å²) in [6.45, 7) is 0.463. The van der Waals surface area contributed by atoms with Gasteiger partial charge in [0, 0.05) is 37.9 Å². The number of hydrogen-bond donors (Lipinski definition) is 0. The first kappa shape index (κ1) is 14.5. The molecule has 0 N–H and O–H groups in total. The Kier molecular flexibility index (Phi) is 4.51. The fraction of sp³-hybridized carbons (Fsp3) is 0.667. The molecule has 2 aromatic heterocycles. The van der Waals surface area contributed by atoms with Gasteiger partial charge in [0.25, 0.3) is 0 Å². The summed E-state index contributed by atoms with van der Waals surface area (Å²) in [6.07, 6.45) is 5.95. The number of aromatic nitrogens is 6. The third-order valence-electron chi connectivity index (χ3n) is 3.38. The Balaban J connectivity index is 1.62. The highest BCUT2D eigenvalue weighted by atomic mass is 32.2. The molecule has 114 valence electrons. The van der Waals surface area contributed by atoms with Crippen molar-refractivity contribution in [2.24, 2.45) is 0 Å². The lowest BCUT2D eigenvalue weighted by molar-refractivity contribution is -0.113. The maximum Gasteiger partial charge on any atom is 0.209 e. The van der Waals surface area contributed by atoms with Gasteiger partial charge in [-0.05, 0) is 23.3 Å². The van der Waals surface area contributed by atoms with Crippen molar-refractivity contribution < 1.29 is 9.47 Å². The van der Waals surface area contributed by atoms with Gasteiger partial charge in [-0.1, -0.05) is 11.8 Å². The standard InChI is InChI=1S/C12H18N6O2S/c1-19-11(20-2)6-18-12(14-15-16-18)21-7-10-5-13-8-17(10)9-3-4-9/h5,8-9,11H,3-4,6-7H2,1-2H3. The fourth-order valence-corrected chi connectivity index (χ4v) is 2.92. The highest BCUT2D eigenvalue weighted by Crippen LogP contribution is 2.36. The van der Waals surface area contributed by atoms with Crippen LogP contribution in [0, 0.1) is 0 Å². The molecular formula is C12H18N6O2S. The molecule has 2 heterocycles. The summed E-state index contributed by atoms with van der Waals surface area (Å²) in [5, 5.41) is 12.5. The zero-order valence-electron chi connectivity index (χ0n) is 12.0. The van der Waals surface area contributed by atoms with E-state index in [2.05, 4.69) is 25.1 Å². The molecule has 1 fully saturated rings. The topological polar surface area (TPSA) is 79.9 Å². The predicted octanol–water partition coefficient (Wildman–Crippen LogP) is 1.12. The van der Waals surface area contributed by atoms with Gasteiger partial charge in [0.1, 0.15) is 0 Å². The molecule has 9 heteroatoms. The van der Waals surface area contributed by atoms with Gasteiger partial charge >= 0.3 is 0 Å². The van der Waals surface area contributed by atoms with Gasteiger partial charge in [0.2, 0.25) is 5.16 Å². The Labute approximate surface area is 126 Å². The lowest BCUT2D eigenvalue weighted by Crippen LogP contribution is -2.21. The minimum absolute atomic E-state index is 0.357. The monoisotopic (exact) mass is 310 g/mol. The number of rotatable bonds is 8. The first-order valence-corrected chi connectivity index (χ1v) is 7.75. The first-order chi connectivity index (χ1) is 10.3. The molecule has 0 bridgehead atoms. The van der Waals surface area contributed by atoms with E-state index < -0.39 is 0 Å². The molecule has 0 atom stereocenters. The minimum Gasteiger partial charge on any atom is -0.354 e. The molecule has 1 saturated carbocycles. The summed E-state index contributed by atoms with van der Waals surface area (Å²) >= 11 is 1.59. The van der Waals surface area contributed by atoms with E-state index in [9.17, 15) is 0 Å². The molecule has 0 amide bonds. The smallest absolute Gasteiger partial charge is 0.209 e. The van der Waals surface area contributed by atoms with Crippen LogP contribution in [0.1, 0.15) is 24.6 Å². The molecule has 1 aliphatic carbocycles. The second-order valence-corrected chi connectivity index (χ2v) is 5.80. The summed E-state index contributed by atoms with van der Waals surface area (Å²) in [6, 6.07) is 0.630. The number of imidazole rings is 1. The molecule has 0 aliphatic heterocycles. The number of methoxy groups -OCH3 is 2. The van der Waals surface area contributed by atoms with E-state index in [1.54, 1.807) is 30.7 Å². The molecular weight excluding hydrogens is 292 g/mol. The van der Waals surface area contributed by atoms with Gasteiger partial charge in [-0.2, -0.15) is 0 Å². The van der Waals surface area contributed by atoms with Crippen molar-refractivity contribution in [2.75, 3.05) is 14.2 Å². The Bertz CT molecular complexity index is 578. The van der Waals surface area contributed by atoms with Gasteiger partial charge in [0.05, 0.1) is 12.9 Å². The largest absolute Gasteiger partial charge is 0.354 e. The van der Waals surface area contributed by atoms with E-state index in [-0.39, 0.29) is 6.29 Å². The van der Waals surface area contributed by atoms with Gasteiger partial charge in [-0.15, -0.1) is 5.10 Å². The van der Waals surface area contributed by atoms with Crippen molar-refractivity contribution in [3.63, 3.8) is 0 Å². The van der Waals surface area contributed by atoms with E-state index in [1.165, 1.54) is 18.5 Å². The summed E-state index contributed by atoms with van der Waals surface area (Å²) in [5.74, 6) is 0.793. The summed E-state index contributed by atoms with van der Waals surface area (Å²) in [5.41, 5.74) is 1.20. The van der Waals surface area contributed by atoms with Gasteiger partial charge in [0.15, 0.2) is 6.29 Å². The highest BCUT2D eigenvalue weighted by Gasteiger charge is 2.25. The van der Waals surface area contributed by atoms with Crippen LogP contribution < -0.4 is 0 Å². The average molecular weight is 310 g/mol. The number of nitrogens with zero attached hydrogens (tertiary/aromatic N) is 6. The molecule has 0 aromatic carbocycles. The molecule has 21 heavy (non-hydrogen) atoms. The van der Waals surface area contributed by atoms with E-state index in [0.717, 1.165) is 10.9 Å². The molecule has 0 spiro atoms. The van der Waals surface area contributed by atoms with E-state index in [1.807, 2.05) is 12.5 Å². The quantitative estimate of drug-likeness (QED) is 0.534. The number of tetrazole rings is 1. The Morgan fingerprint density at radius 2 is 2.19 bits per heavy atom. The van der Waals surface area contributed by atoms with Gasteiger partial charge in [-0.3, -0.25) is 0 Å². The molecule has 2 aromatic rings. The lowest BCUT2D eigenvalue weighted by atomic mass is 10.5. The zero-order chi connectivity index (χ0) is 14.7. The van der Waals surface area contributed by atoms with E-state index in [0.29, 0.717) is 12.6 Å². The normalized spacial score (nSPS) is 15.0. The Hall–Kier alpha value is -1.45. The van der Waals surface area contributed by atoms with Crippen molar-refractivity contribution in [3.8, 4) is 0 Å². The molecule has 0 saturated heterocycles. The van der Waals surface area contributed by atoms with Crippen LogP contribution in [0.2, 0.25) is 0 Å². The molecule has 0 radical (unpaired) electrons. The predicted molar refractivity (Wildman–Crippen MR) is 75.7 cm³/mol. The van der Waals surface area contributed by atoms with Crippen LogP contribution >= 0.6 is 11.8 Å². The van der Waals surface area contributed by atoms with Crippen LogP contribution in [0.5, 0.6) is 0 Å². The number of thioether (sulfide) groups is 1. The third-order valence-corrected chi connectivity index (χ3v) is 4.37. The zero-order valence-corrected chi connectivity index (χ0v) is 12.9. The van der Waals surface area contributed by atoms with Crippen LogP contribution in [0.15, 0.2) is 17.7 Å². The van der Waals surface area contributed by atoms with E-state index in [4.69, 9.17) is 9.47 Å². The number of hydrogen-bond acceptors (Lipinski definition) is 7. The fourth-order valence-electron chi connectivity index (χ4n) is 2.06. The van der Waals surface area contributed by atoms with E-state index >= 15 is 0 Å². The van der Waals surface area contributed by atoms with Crippen molar-refractivity contribution in [1.82, 2.24) is 29.8 Å². The second-order valence-electron chi connectivity index (χ2n) is 4.86. The van der Waals surface area contributed by atoms with Crippen LogP contribution in [0.25, 0.3) is 0 Å². The highest BCUT2D eigenvalue weighted by molar-refractivity contribution is 7.98. The molecule has 3 rings (SSSR count). The molecule has 0 unspecified atom stereocenters. The van der Waals surface area contributed by atoms with Crippen LogP contribution in [-0.2, 0) is 21.8 Å². The number of ether oxygens (including phenoxy) is 2. The third kappa shape index (κ3) is 3.42. The Morgan fingerprint density at radius 1 is 1.38 bits per heavy atom. The second kappa shape index (κ2) is 6.54. The maximum atomic E-state index is 5.18. The lowest BCUT2D eigenvalue weighted by Gasteiger charge is -2.13. The van der Waals surface area contributed by atoms with Gasteiger partial charge in [-0.25, -0.2) is 9.67 Å². The summed E-state index contributed by atoms with van der Waals surface area (Å²) in [7, 11) is 3.19. The van der Waals surface area contributed by atoms with Crippen molar-refractivity contribution >= 4 is 11.8 Å². The van der Waals surface area contributed by atoms with Crippen LogP contribution in [-0.4, -0.2) is 50.3 Å². The van der Waals surface area contributed by atoms with Crippen molar-refractivity contribution in [2.45, 2.75) is 42.6 Å². The van der Waals surface area contributed by atoms with Crippen LogP contribution in [0.4, 0.5) is 0 Å². The Morgan fingerprint density at radius 3 is 2.90 bits per heavy atom. The summed E-state index contributed by atoms with van der Waals surface area (Å²) in [4.78, 5) is 4.23. The SMILES string of the molecule is COC(Cn1nnnc1SCc1cncn1C1CC1)OC. The summed E-state index contributed by atoms with van der Waals surface area (Å²) < 4.78 is 14.3. The van der Waals surface area contributed by atoms with Crippen molar-refractivity contribution in [1.29, 1.82) is 0 Å². The molecule has 8 nitrogen and oxygen atoms in total. The first-order valence-electron chi connectivity index (χ1n) is 6.77. The van der Waals surface area contributed by atoms with Gasteiger partial charge < -0.3 is 14.0 Å². The van der Waals surface area contributed by atoms with Crippen LogP contribution in [0.3, 0.4) is 0 Å².